The monoisotopic (exact) mass is 1570 g/mol. The van der Waals surface area contributed by atoms with Crippen molar-refractivity contribution >= 4 is 54.5 Å². The van der Waals surface area contributed by atoms with Crippen molar-refractivity contribution in [1.82, 2.24) is 40.0 Å². The van der Waals surface area contributed by atoms with Gasteiger partial charge in [-0.25, -0.2) is 0 Å². The van der Waals surface area contributed by atoms with Crippen molar-refractivity contribution in [2.24, 2.45) is 5.92 Å². The molecule has 7 aliphatic carbocycles. The van der Waals surface area contributed by atoms with Gasteiger partial charge < -0.3 is 49.5 Å². The van der Waals surface area contributed by atoms with Crippen LogP contribution in [0.4, 0.5) is 0 Å². The summed E-state index contributed by atoms with van der Waals surface area (Å²) >= 11 is 0. The molecule has 0 amide bonds. The summed E-state index contributed by atoms with van der Waals surface area (Å²) in [7, 11) is 0. The molecule has 0 radical (unpaired) electrons. The van der Waals surface area contributed by atoms with E-state index in [4.69, 9.17) is 9.47 Å². The Balaban J connectivity index is 0.000000102. The maximum atomic E-state index is 6.33. The number of rotatable bonds is 18. The molecule has 6 unspecified atom stereocenters. The summed E-state index contributed by atoms with van der Waals surface area (Å²) in [4.78, 5) is 11.1. The van der Waals surface area contributed by atoms with E-state index in [9.17, 15) is 0 Å². The number of benzene rings is 8. The molecule has 7 heterocycles. The van der Waals surface area contributed by atoms with Crippen LogP contribution in [0.1, 0.15) is 294 Å². The standard InChI is InChI=1S/C23H28N2O.C23H28N2.C21H24N2.C21H27NO.C20H25N/c1-16-7-10-18(11-8-16)26-14-4-13-24-22-6-3-5-19-20-15-17(2)9-12-21(20)25-23(19)22;1-16-11-12-21-20(14-16)19-9-6-10-22(23(19)25-21)24-15-17(2)13-18-7-4-3-5-8-18;1-2-13-22-20-10-6-9-17-18-14-16(15-7-4-3-5-8-15)11-12-19(18)23-21(17)20;1-2-8-16(9-3-1)23-17-11-12-20-19(14-17)18-10-4-6-15-7-5-13-22(20)21(15)18;1-2-6-14(5-1)16-10-11-19-18(13-16)17-9-3-7-15-8-4-12-21(19)20(15)17/h7-12,15,22,24-25H,3-6,13-14H2,1-2H3;3-5,7-8,11-12,14,17,22,24-25H,6,9-10,13,15H2,1-2H3;3-5,7-8,11-12,14,20,22-23H,2,6,9-10,13H2,1H3;11-12,14-16H,1-10,13H2;10-11,13-15H,1-9,12H2. The predicted octanol–water partition coefficient (Wildman–Crippen LogP) is 26.8. The van der Waals surface area contributed by atoms with E-state index in [0.717, 1.165) is 68.3 Å². The molecule has 2 aliphatic heterocycles. The molecule has 2 saturated carbocycles. The maximum absolute atomic E-state index is 6.33. The van der Waals surface area contributed by atoms with E-state index in [1.54, 1.807) is 33.5 Å². The molecule has 616 valence electrons. The number of nitrogens with zero attached hydrogens (tertiary/aromatic N) is 2. The van der Waals surface area contributed by atoms with Crippen molar-refractivity contribution in [3.63, 3.8) is 0 Å². The van der Waals surface area contributed by atoms with Crippen LogP contribution in [-0.2, 0) is 51.6 Å². The molecule has 0 bridgehead atoms. The van der Waals surface area contributed by atoms with Gasteiger partial charge in [0, 0.05) is 114 Å². The Kier molecular flexibility index (Phi) is 25.3. The fourth-order valence-electron chi connectivity index (χ4n) is 22.6. The van der Waals surface area contributed by atoms with Crippen LogP contribution in [0.5, 0.6) is 11.5 Å². The SMILES string of the molecule is CCCNC1CCCc2c1[nH]c1ccc(-c3ccccc3)cc21.Cc1ccc(OCCCNC2CCCc3c2[nH]c2ccc(C)cc32)cc1.Cc1ccc2[nH]c3c(c2c1)CCCC3NCC(C)Cc1ccccc1.c1cc2c(cc1C1CCCC1)c1c3n2CCCC3CCC1.c1cc2c(cc1OC1CCCCC1)c1c3n2CCCC3CCC1. The van der Waals surface area contributed by atoms with Gasteiger partial charge in [-0.3, -0.25) is 0 Å². The van der Waals surface area contributed by atoms with Gasteiger partial charge in [-0.05, 0) is 373 Å². The number of hydrogen-bond donors (Lipinski definition) is 6. The van der Waals surface area contributed by atoms with Crippen molar-refractivity contribution in [1.29, 1.82) is 0 Å². The first-order chi connectivity index (χ1) is 58.1. The van der Waals surface area contributed by atoms with Gasteiger partial charge in [-0.15, -0.1) is 0 Å². The molecular formula is C108H132N8O2. The topological polar surface area (TPSA) is 112 Å². The summed E-state index contributed by atoms with van der Waals surface area (Å²) in [5.74, 6) is 5.23. The van der Waals surface area contributed by atoms with Gasteiger partial charge in [0.15, 0.2) is 0 Å². The van der Waals surface area contributed by atoms with Crippen molar-refractivity contribution in [3.8, 4) is 22.6 Å². The maximum Gasteiger partial charge on any atom is 0.120 e. The highest BCUT2D eigenvalue weighted by Gasteiger charge is 2.34. The van der Waals surface area contributed by atoms with Gasteiger partial charge in [-0.1, -0.05) is 147 Å². The number of hydrogen-bond acceptors (Lipinski definition) is 5. The summed E-state index contributed by atoms with van der Waals surface area (Å²) in [6, 6.07) is 65.9. The summed E-state index contributed by atoms with van der Waals surface area (Å²) < 4.78 is 17.5. The van der Waals surface area contributed by atoms with Crippen LogP contribution >= 0.6 is 0 Å². The van der Waals surface area contributed by atoms with Crippen LogP contribution in [0, 0.1) is 26.7 Å². The van der Waals surface area contributed by atoms with Crippen molar-refractivity contribution in [2.45, 2.75) is 289 Å². The Morgan fingerprint density at radius 3 is 1.47 bits per heavy atom. The van der Waals surface area contributed by atoms with Gasteiger partial charge in [-0.2, -0.15) is 0 Å². The number of aromatic amines is 3. The van der Waals surface area contributed by atoms with Crippen LogP contribution in [0.25, 0.3) is 65.6 Å². The van der Waals surface area contributed by atoms with Crippen molar-refractivity contribution in [3.05, 3.63) is 260 Å². The van der Waals surface area contributed by atoms with Crippen LogP contribution in [0.15, 0.2) is 176 Å². The lowest BCUT2D eigenvalue weighted by molar-refractivity contribution is 0.155. The van der Waals surface area contributed by atoms with E-state index in [-0.39, 0.29) is 0 Å². The minimum Gasteiger partial charge on any atom is -0.494 e. The Bertz CT molecular complexity index is 5520. The molecule has 22 rings (SSSR count). The lowest BCUT2D eigenvalue weighted by Gasteiger charge is -2.29. The molecule has 0 saturated heterocycles. The fraction of sp³-hybridized carbons (Fsp3) is 0.463. The lowest BCUT2D eigenvalue weighted by Crippen LogP contribution is -2.29. The Morgan fingerprint density at radius 1 is 0.398 bits per heavy atom. The van der Waals surface area contributed by atoms with E-state index in [1.807, 2.05) is 12.1 Å². The molecule has 13 aromatic rings. The van der Waals surface area contributed by atoms with Crippen LogP contribution < -0.4 is 25.4 Å². The van der Waals surface area contributed by atoms with Gasteiger partial charge in [0.25, 0.3) is 0 Å². The van der Waals surface area contributed by atoms with Crippen LogP contribution in [0.3, 0.4) is 0 Å². The van der Waals surface area contributed by atoms with E-state index in [1.165, 1.54) is 316 Å². The van der Waals surface area contributed by atoms with Gasteiger partial charge in [0.2, 0.25) is 0 Å². The molecule has 118 heavy (non-hydrogen) atoms. The predicted molar refractivity (Wildman–Crippen MR) is 494 cm³/mol. The molecule has 9 aliphatic rings. The molecule has 10 heteroatoms. The minimum atomic E-state index is 0.436. The zero-order chi connectivity index (χ0) is 79.8. The Labute approximate surface area is 703 Å². The average Bonchev–Trinajstić information content (AvgIpc) is 1.59. The number of fused-ring (bicyclic) bond motifs is 15. The van der Waals surface area contributed by atoms with E-state index < -0.39 is 0 Å². The molecule has 8 aromatic carbocycles. The number of nitrogens with one attached hydrogen (secondary N) is 6. The van der Waals surface area contributed by atoms with E-state index in [2.05, 4.69) is 238 Å². The molecule has 2 fully saturated rings. The van der Waals surface area contributed by atoms with E-state index in [0.29, 0.717) is 30.1 Å². The van der Waals surface area contributed by atoms with Crippen molar-refractivity contribution in [2.75, 3.05) is 26.2 Å². The lowest BCUT2D eigenvalue weighted by atomic mass is 9.82. The third kappa shape index (κ3) is 17.8. The molecule has 6 N–H and O–H groups in total. The van der Waals surface area contributed by atoms with Gasteiger partial charge in [0.1, 0.15) is 11.5 Å². The minimum absolute atomic E-state index is 0.436. The van der Waals surface area contributed by atoms with Gasteiger partial charge in [0.05, 0.1) is 12.7 Å². The smallest absolute Gasteiger partial charge is 0.120 e. The summed E-state index contributed by atoms with van der Waals surface area (Å²) in [6.07, 6.45) is 40.8. The highest BCUT2D eigenvalue weighted by atomic mass is 16.5. The number of aromatic nitrogens is 5. The van der Waals surface area contributed by atoms with Crippen molar-refractivity contribution < 1.29 is 9.47 Å². The molecule has 5 aromatic heterocycles. The quantitative estimate of drug-likeness (QED) is 0.0480. The first-order valence-corrected chi connectivity index (χ1v) is 46.9. The first-order valence-electron chi connectivity index (χ1n) is 46.9. The van der Waals surface area contributed by atoms with Crippen LogP contribution in [0.2, 0.25) is 0 Å². The summed E-state index contributed by atoms with van der Waals surface area (Å²) in [5.41, 5.74) is 32.0. The largest absolute Gasteiger partial charge is 0.494 e. The molecule has 10 nitrogen and oxygen atoms in total. The second-order valence-corrected chi connectivity index (χ2v) is 37.0. The number of aryl methyl sites for hydroxylation is 10. The second-order valence-electron chi connectivity index (χ2n) is 37.0. The first kappa shape index (κ1) is 80.0. The number of ether oxygens (including phenoxy) is 2. The van der Waals surface area contributed by atoms with E-state index >= 15 is 0 Å². The second kappa shape index (κ2) is 37.3. The zero-order valence-electron chi connectivity index (χ0n) is 71.7. The summed E-state index contributed by atoms with van der Waals surface area (Å²) in [6.45, 7) is 17.4. The highest BCUT2D eigenvalue weighted by molar-refractivity contribution is 5.91. The summed E-state index contributed by atoms with van der Waals surface area (Å²) in [5, 5.41) is 18.6. The number of H-pyrrole nitrogens is 3. The van der Waals surface area contributed by atoms with Crippen LogP contribution in [-0.4, -0.2) is 56.4 Å². The average molecular weight is 1570 g/mol. The molecule has 6 atom stereocenters. The Hall–Kier alpha value is -9.06. The highest BCUT2D eigenvalue weighted by Crippen LogP contribution is 2.48. The fourth-order valence-corrected chi connectivity index (χ4v) is 22.6. The molecule has 0 spiro atoms. The zero-order valence-corrected chi connectivity index (χ0v) is 71.7. The Morgan fingerprint density at radius 2 is 0.881 bits per heavy atom. The van der Waals surface area contributed by atoms with Gasteiger partial charge >= 0.3 is 0 Å². The normalized spacial score (nSPS) is 20.2. The third-order valence-electron chi connectivity index (χ3n) is 28.5. The molecular weight excluding hydrogens is 1440 g/mol. The third-order valence-corrected chi connectivity index (χ3v) is 28.5.